The number of hydrogen-bond donors (Lipinski definition) is 1. The Kier molecular flexibility index (Phi) is 8.55. The molecule has 2 aromatic carbocycles. The number of amides is 1. The molecule has 0 radical (unpaired) electrons. The van der Waals surface area contributed by atoms with Crippen LogP contribution in [0.15, 0.2) is 53.4 Å². The van der Waals surface area contributed by atoms with Crippen LogP contribution < -0.4 is 4.72 Å². The number of nitrogens with zero attached hydrogens (tertiary/aromatic N) is 1. The van der Waals surface area contributed by atoms with E-state index in [2.05, 4.69) is 4.72 Å². The molecule has 7 nitrogen and oxygen atoms in total. The molecule has 1 atom stereocenters. The molecule has 168 valence electrons. The summed E-state index contributed by atoms with van der Waals surface area (Å²) in [4.78, 5) is 25.9. The minimum absolute atomic E-state index is 0.00192. The van der Waals surface area contributed by atoms with Gasteiger partial charge in [-0.05, 0) is 30.2 Å². The number of nitrogens with one attached hydrogen (secondary N) is 1. The van der Waals surface area contributed by atoms with Gasteiger partial charge < -0.3 is 9.64 Å². The summed E-state index contributed by atoms with van der Waals surface area (Å²) in [6, 6.07) is 10.4. The number of likely N-dealkylation sites (N-methyl/N-ethyl adjacent to an activating group) is 1. The van der Waals surface area contributed by atoms with Crippen LogP contribution in [-0.2, 0) is 30.9 Å². The third-order valence-electron chi connectivity index (χ3n) is 4.44. The first-order chi connectivity index (χ1) is 14.5. The second-order valence-electron chi connectivity index (χ2n) is 7.25. The quantitative estimate of drug-likeness (QED) is 0.569. The summed E-state index contributed by atoms with van der Waals surface area (Å²) in [5, 5.41) is 0.232. The summed E-state index contributed by atoms with van der Waals surface area (Å²) in [6.07, 6.45) is 0. The van der Waals surface area contributed by atoms with Gasteiger partial charge in [-0.3, -0.25) is 9.59 Å². The predicted molar refractivity (Wildman–Crippen MR) is 114 cm³/mol. The topological polar surface area (TPSA) is 92.8 Å². The highest BCUT2D eigenvalue weighted by Gasteiger charge is 2.30. The van der Waals surface area contributed by atoms with Gasteiger partial charge in [-0.25, -0.2) is 12.8 Å². The number of carbonyl (C=O) groups is 2. The van der Waals surface area contributed by atoms with Crippen molar-refractivity contribution in [1.29, 1.82) is 0 Å². The minimum Gasteiger partial charge on any atom is -0.454 e. The Morgan fingerprint density at radius 3 is 2.45 bits per heavy atom. The first-order valence-corrected chi connectivity index (χ1v) is 11.3. The Hall–Kier alpha value is -2.49. The average molecular weight is 471 g/mol. The Morgan fingerprint density at radius 2 is 1.84 bits per heavy atom. The molecule has 2 rings (SSSR count). The van der Waals surface area contributed by atoms with Gasteiger partial charge in [0.1, 0.15) is 11.9 Å². The van der Waals surface area contributed by atoms with Crippen molar-refractivity contribution in [1.82, 2.24) is 9.62 Å². The maximum Gasteiger partial charge on any atom is 0.324 e. The Labute approximate surface area is 186 Å². The van der Waals surface area contributed by atoms with E-state index in [1.165, 1.54) is 42.3 Å². The second-order valence-corrected chi connectivity index (χ2v) is 9.40. The lowest BCUT2D eigenvalue weighted by Gasteiger charge is -2.22. The molecular weight excluding hydrogens is 447 g/mol. The number of sulfonamides is 1. The summed E-state index contributed by atoms with van der Waals surface area (Å²) in [6.45, 7) is 2.67. The summed E-state index contributed by atoms with van der Waals surface area (Å²) in [5.41, 5.74) is 0.319. The van der Waals surface area contributed by atoms with Crippen LogP contribution in [0.2, 0.25) is 5.02 Å². The van der Waals surface area contributed by atoms with Gasteiger partial charge in [-0.1, -0.05) is 49.7 Å². The van der Waals surface area contributed by atoms with Gasteiger partial charge in [0.2, 0.25) is 10.0 Å². The van der Waals surface area contributed by atoms with Crippen LogP contribution in [0.3, 0.4) is 0 Å². The first-order valence-electron chi connectivity index (χ1n) is 9.43. The standard InChI is InChI=1S/C21H24ClFN2O5S/c1-14(2)20(24-31(28,29)17-9-6-8-16(22)11-17)21(27)30-13-19(26)25(3)12-15-7-4-5-10-18(15)23/h4-11,14,20,24H,12-13H2,1-3H3/t20-/m0/s1. The highest BCUT2D eigenvalue weighted by molar-refractivity contribution is 7.89. The van der Waals surface area contributed by atoms with Crippen LogP contribution in [0.1, 0.15) is 19.4 Å². The van der Waals surface area contributed by atoms with Crippen LogP contribution in [0.25, 0.3) is 0 Å². The van der Waals surface area contributed by atoms with Crippen molar-refractivity contribution in [2.45, 2.75) is 31.3 Å². The van der Waals surface area contributed by atoms with Crippen molar-refractivity contribution >= 4 is 33.5 Å². The molecule has 0 fully saturated rings. The van der Waals surface area contributed by atoms with E-state index in [0.29, 0.717) is 5.56 Å². The molecule has 0 aliphatic rings. The molecule has 0 spiro atoms. The molecule has 1 N–H and O–H groups in total. The normalized spacial score (nSPS) is 12.5. The molecule has 0 bridgehead atoms. The van der Waals surface area contributed by atoms with Crippen molar-refractivity contribution in [3.8, 4) is 0 Å². The number of halogens is 2. The average Bonchev–Trinajstić information content (AvgIpc) is 2.71. The molecule has 0 saturated heterocycles. The fraction of sp³-hybridized carbons (Fsp3) is 0.333. The fourth-order valence-corrected chi connectivity index (χ4v) is 4.26. The summed E-state index contributed by atoms with van der Waals surface area (Å²) in [7, 11) is -2.60. The minimum atomic E-state index is -4.04. The van der Waals surface area contributed by atoms with Crippen molar-refractivity contribution in [3.05, 3.63) is 64.9 Å². The molecule has 0 aliphatic heterocycles. The monoisotopic (exact) mass is 470 g/mol. The van der Waals surface area contributed by atoms with Crippen LogP contribution in [-0.4, -0.2) is 44.9 Å². The molecular formula is C21H24ClFN2O5S. The highest BCUT2D eigenvalue weighted by atomic mass is 35.5. The van der Waals surface area contributed by atoms with Crippen LogP contribution in [0, 0.1) is 11.7 Å². The molecule has 0 aliphatic carbocycles. The summed E-state index contributed by atoms with van der Waals surface area (Å²) < 4.78 is 46.3. The zero-order valence-electron chi connectivity index (χ0n) is 17.3. The number of hydrogen-bond acceptors (Lipinski definition) is 5. The second kappa shape index (κ2) is 10.7. The molecule has 0 unspecified atom stereocenters. The van der Waals surface area contributed by atoms with Crippen molar-refractivity contribution in [3.63, 3.8) is 0 Å². The van der Waals surface area contributed by atoms with Crippen LogP contribution in [0.5, 0.6) is 0 Å². The number of ether oxygens (including phenoxy) is 1. The smallest absolute Gasteiger partial charge is 0.324 e. The molecule has 1 amide bonds. The number of carbonyl (C=O) groups excluding carboxylic acids is 2. The number of esters is 1. The predicted octanol–water partition coefficient (Wildman–Crippen LogP) is 2.98. The fourth-order valence-electron chi connectivity index (χ4n) is 2.63. The number of benzene rings is 2. The molecule has 2 aromatic rings. The highest BCUT2D eigenvalue weighted by Crippen LogP contribution is 2.17. The molecule has 0 saturated carbocycles. The number of rotatable bonds is 9. The van der Waals surface area contributed by atoms with E-state index in [0.717, 1.165) is 0 Å². The zero-order chi connectivity index (χ0) is 23.2. The van der Waals surface area contributed by atoms with Crippen LogP contribution in [0.4, 0.5) is 4.39 Å². The third kappa shape index (κ3) is 7.02. The van der Waals surface area contributed by atoms with E-state index in [9.17, 15) is 22.4 Å². The lowest BCUT2D eigenvalue weighted by molar-refractivity contribution is -0.154. The van der Waals surface area contributed by atoms with Crippen LogP contribution >= 0.6 is 11.6 Å². The molecule has 10 heteroatoms. The lowest BCUT2D eigenvalue weighted by atomic mass is 10.1. The zero-order valence-corrected chi connectivity index (χ0v) is 18.9. The third-order valence-corrected chi connectivity index (χ3v) is 6.11. The van der Waals surface area contributed by atoms with E-state index in [4.69, 9.17) is 16.3 Å². The van der Waals surface area contributed by atoms with E-state index in [1.54, 1.807) is 32.0 Å². The first kappa shape index (κ1) is 24.8. The van der Waals surface area contributed by atoms with E-state index in [-0.39, 0.29) is 16.5 Å². The van der Waals surface area contributed by atoms with Crippen molar-refractivity contribution < 1.29 is 27.1 Å². The Bertz CT molecular complexity index is 1050. The van der Waals surface area contributed by atoms with Gasteiger partial charge in [0.05, 0.1) is 4.90 Å². The van der Waals surface area contributed by atoms with Crippen molar-refractivity contribution in [2.75, 3.05) is 13.7 Å². The maximum absolute atomic E-state index is 13.7. The largest absolute Gasteiger partial charge is 0.454 e. The summed E-state index contributed by atoms with van der Waals surface area (Å²) in [5.74, 6) is -2.35. The Balaban J connectivity index is 2.00. The van der Waals surface area contributed by atoms with E-state index in [1.807, 2.05) is 0 Å². The SMILES string of the molecule is CC(C)[C@H](NS(=O)(=O)c1cccc(Cl)c1)C(=O)OCC(=O)N(C)Cc1ccccc1F. The van der Waals surface area contributed by atoms with E-state index < -0.39 is 46.3 Å². The summed E-state index contributed by atoms with van der Waals surface area (Å²) >= 11 is 5.85. The lowest BCUT2D eigenvalue weighted by Crippen LogP contribution is -2.46. The van der Waals surface area contributed by atoms with Gasteiger partial charge in [0, 0.05) is 24.2 Å². The molecule has 0 aromatic heterocycles. The maximum atomic E-state index is 13.7. The Morgan fingerprint density at radius 1 is 1.16 bits per heavy atom. The molecule has 0 heterocycles. The van der Waals surface area contributed by atoms with E-state index >= 15 is 0 Å². The van der Waals surface area contributed by atoms with Gasteiger partial charge in [-0.15, -0.1) is 0 Å². The van der Waals surface area contributed by atoms with Gasteiger partial charge in [0.25, 0.3) is 5.91 Å². The molecule has 31 heavy (non-hydrogen) atoms. The van der Waals surface area contributed by atoms with Gasteiger partial charge in [0.15, 0.2) is 6.61 Å². The van der Waals surface area contributed by atoms with Gasteiger partial charge >= 0.3 is 5.97 Å². The van der Waals surface area contributed by atoms with Crippen molar-refractivity contribution in [2.24, 2.45) is 5.92 Å². The van der Waals surface area contributed by atoms with Gasteiger partial charge in [-0.2, -0.15) is 4.72 Å².